The zero-order valence-corrected chi connectivity index (χ0v) is 12.6. The Balaban J connectivity index is 1.97. The highest BCUT2D eigenvalue weighted by Gasteiger charge is 2.21. The number of halogens is 2. The van der Waals surface area contributed by atoms with Crippen LogP contribution in [-0.2, 0) is 0 Å². The topological polar surface area (TPSA) is 12.0 Å². The summed E-state index contributed by atoms with van der Waals surface area (Å²) >= 11 is 3.29. The van der Waals surface area contributed by atoms with E-state index in [1.165, 1.54) is 31.7 Å². The molecule has 1 fully saturated rings. The quantitative estimate of drug-likeness (QED) is 0.843. The van der Waals surface area contributed by atoms with Gasteiger partial charge in [0, 0.05) is 22.1 Å². The Bertz CT molecular complexity index is 399. The van der Waals surface area contributed by atoms with E-state index in [1.54, 1.807) is 0 Å². The van der Waals surface area contributed by atoms with Crippen LogP contribution in [0.5, 0.6) is 0 Å². The second-order valence-electron chi connectivity index (χ2n) is 5.51. The smallest absolute Gasteiger partial charge is 0.129 e. The van der Waals surface area contributed by atoms with Crippen LogP contribution < -0.4 is 5.32 Å². The van der Waals surface area contributed by atoms with Crippen molar-refractivity contribution < 1.29 is 4.39 Å². The number of nitrogens with one attached hydrogen (secondary N) is 1. The van der Waals surface area contributed by atoms with Gasteiger partial charge in [-0.15, -0.1) is 0 Å². The second-order valence-corrected chi connectivity index (χ2v) is 6.43. The summed E-state index contributed by atoms with van der Waals surface area (Å²) < 4.78 is 14.6. The average Bonchev–Trinajstić information content (AvgIpc) is 2.32. The van der Waals surface area contributed by atoms with Gasteiger partial charge in [-0.3, -0.25) is 0 Å². The summed E-state index contributed by atoms with van der Waals surface area (Å²) in [5.74, 6) is 0.719. The van der Waals surface area contributed by atoms with Crippen LogP contribution in [-0.4, -0.2) is 6.04 Å². The minimum atomic E-state index is -0.131. The number of hydrogen-bond donors (Lipinski definition) is 1. The van der Waals surface area contributed by atoms with Crippen molar-refractivity contribution in [2.45, 2.75) is 51.6 Å². The third-order valence-corrected chi connectivity index (χ3v) is 4.42. The summed E-state index contributed by atoms with van der Waals surface area (Å²) in [6, 6.07) is 5.93. The van der Waals surface area contributed by atoms with Gasteiger partial charge in [-0.25, -0.2) is 4.39 Å². The molecule has 1 nitrogen and oxygen atoms in total. The number of benzene rings is 1. The first kappa shape index (κ1) is 14.0. The third kappa shape index (κ3) is 3.55. The Kier molecular flexibility index (Phi) is 4.79. The van der Waals surface area contributed by atoms with Gasteiger partial charge in [0.05, 0.1) is 0 Å². The van der Waals surface area contributed by atoms with Crippen molar-refractivity contribution in [2.24, 2.45) is 5.92 Å². The van der Waals surface area contributed by atoms with Crippen LogP contribution in [0.25, 0.3) is 0 Å². The molecular formula is C15H21BrFN. The molecule has 18 heavy (non-hydrogen) atoms. The van der Waals surface area contributed by atoms with Crippen LogP contribution in [0.1, 0.15) is 51.1 Å². The summed E-state index contributed by atoms with van der Waals surface area (Å²) in [5, 5.41) is 3.56. The Labute approximate surface area is 117 Å². The molecule has 0 bridgehead atoms. The first-order valence-corrected chi connectivity index (χ1v) is 7.56. The van der Waals surface area contributed by atoms with Crippen molar-refractivity contribution in [3.63, 3.8) is 0 Å². The van der Waals surface area contributed by atoms with Gasteiger partial charge in [0.15, 0.2) is 0 Å². The van der Waals surface area contributed by atoms with E-state index in [0.29, 0.717) is 6.04 Å². The molecule has 0 amide bonds. The molecular weight excluding hydrogens is 293 g/mol. The molecule has 0 saturated heterocycles. The molecule has 0 heterocycles. The lowest BCUT2D eigenvalue weighted by atomic mass is 9.87. The molecule has 1 aliphatic carbocycles. The fraction of sp³-hybridized carbons (Fsp3) is 0.600. The van der Waals surface area contributed by atoms with Crippen molar-refractivity contribution in [1.82, 2.24) is 5.32 Å². The van der Waals surface area contributed by atoms with Crippen LogP contribution in [0.2, 0.25) is 0 Å². The molecule has 2 rings (SSSR count). The van der Waals surface area contributed by atoms with E-state index in [1.807, 2.05) is 19.1 Å². The lowest BCUT2D eigenvalue weighted by Gasteiger charge is -2.30. The van der Waals surface area contributed by atoms with E-state index >= 15 is 0 Å². The Morgan fingerprint density at radius 2 is 1.94 bits per heavy atom. The maximum absolute atomic E-state index is 13.8. The monoisotopic (exact) mass is 313 g/mol. The molecule has 1 aliphatic rings. The summed E-state index contributed by atoms with van der Waals surface area (Å²) in [6.07, 6.45) is 4.99. The Morgan fingerprint density at radius 1 is 1.28 bits per heavy atom. The predicted molar refractivity (Wildman–Crippen MR) is 77.1 cm³/mol. The van der Waals surface area contributed by atoms with Crippen molar-refractivity contribution in [3.05, 3.63) is 34.1 Å². The van der Waals surface area contributed by atoms with Crippen LogP contribution in [0, 0.1) is 11.7 Å². The molecule has 0 aromatic heterocycles. The number of rotatable bonds is 3. The molecule has 0 aliphatic heterocycles. The average molecular weight is 314 g/mol. The van der Waals surface area contributed by atoms with Crippen molar-refractivity contribution in [2.75, 3.05) is 0 Å². The minimum absolute atomic E-state index is 0.0801. The highest BCUT2D eigenvalue weighted by Crippen LogP contribution is 2.27. The maximum atomic E-state index is 13.8. The highest BCUT2D eigenvalue weighted by molar-refractivity contribution is 9.10. The molecule has 1 unspecified atom stereocenters. The number of hydrogen-bond acceptors (Lipinski definition) is 1. The predicted octanol–water partition coefficient (Wildman–Crippen LogP) is 4.82. The molecule has 0 radical (unpaired) electrons. The highest BCUT2D eigenvalue weighted by atomic mass is 79.9. The molecule has 0 spiro atoms. The van der Waals surface area contributed by atoms with E-state index in [9.17, 15) is 4.39 Å². The molecule has 1 aromatic carbocycles. The zero-order valence-electron chi connectivity index (χ0n) is 11.0. The van der Waals surface area contributed by atoms with Gasteiger partial charge in [0.25, 0.3) is 0 Å². The van der Waals surface area contributed by atoms with Gasteiger partial charge in [0.1, 0.15) is 5.82 Å². The van der Waals surface area contributed by atoms with E-state index in [0.717, 1.165) is 16.0 Å². The lowest BCUT2D eigenvalue weighted by Crippen LogP contribution is -2.34. The summed E-state index contributed by atoms with van der Waals surface area (Å²) in [4.78, 5) is 0. The van der Waals surface area contributed by atoms with Crippen molar-refractivity contribution >= 4 is 15.9 Å². The van der Waals surface area contributed by atoms with Crippen molar-refractivity contribution in [1.29, 1.82) is 0 Å². The molecule has 1 aromatic rings. The Morgan fingerprint density at radius 3 is 2.56 bits per heavy atom. The van der Waals surface area contributed by atoms with Crippen LogP contribution in [0.4, 0.5) is 4.39 Å². The van der Waals surface area contributed by atoms with E-state index in [-0.39, 0.29) is 11.9 Å². The first-order valence-electron chi connectivity index (χ1n) is 6.77. The van der Waals surface area contributed by atoms with Crippen LogP contribution in [0.3, 0.4) is 0 Å². The second kappa shape index (κ2) is 6.16. The molecule has 1 N–H and O–H groups in total. The van der Waals surface area contributed by atoms with Gasteiger partial charge in [0.2, 0.25) is 0 Å². The molecule has 1 saturated carbocycles. The van der Waals surface area contributed by atoms with Gasteiger partial charge in [-0.2, -0.15) is 0 Å². The SMILES string of the molecule is CC1CCC(NC(C)c2ccc(Br)cc2F)CC1. The first-order chi connectivity index (χ1) is 8.56. The molecule has 1 atom stereocenters. The van der Waals surface area contributed by atoms with Gasteiger partial charge in [-0.1, -0.05) is 28.9 Å². The van der Waals surface area contributed by atoms with E-state index in [2.05, 4.69) is 28.2 Å². The van der Waals surface area contributed by atoms with E-state index in [4.69, 9.17) is 0 Å². The van der Waals surface area contributed by atoms with Crippen LogP contribution >= 0.6 is 15.9 Å². The van der Waals surface area contributed by atoms with Crippen molar-refractivity contribution in [3.8, 4) is 0 Å². The lowest BCUT2D eigenvalue weighted by molar-refractivity contribution is 0.290. The van der Waals surface area contributed by atoms with Crippen LogP contribution in [0.15, 0.2) is 22.7 Å². The fourth-order valence-corrected chi connectivity index (χ4v) is 3.06. The summed E-state index contributed by atoms with van der Waals surface area (Å²) in [7, 11) is 0. The summed E-state index contributed by atoms with van der Waals surface area (Å²) in [6.45, 7) is 4.36. The van der Waals surface area contributed by atoms with E-state index < -0.39 is 0 Å². The fourth-order valence-electron chi connectivity index (χ4n) is 2.72. The standard InChI is InChI=1S/C15H21BrFN/c1-10-3-6-13(7-4-10)18-11(2)14-8-5-12(16)9-15(14)17/h5,8-11,13,18H,3-4,6-7H2,1-2H3. The largest absolute Gasteiger partial charge is 0.307 e. The normalized spacial score (nSPS) is 26.0. The van der Waals surface area contributed by atoms with Gasteiger partial charge in [-0.05, 0) is 50.7 Å². The molecule has 3 heteroatoms. The van der Waals surface area contributed by atoms with Gasteiger partial charge < -0.3 is 5.32 Å². The third-order valence-electron chi connectivity index (χ3n) is 3.93. The zero-order chi connectivity index (χ0) is 13.1. The minimum Gasteiger partial charge on any atom is -0.307 e. The maximum Gasteiger partial charge on any atom is 0.129 e. The molecule has 100 valence electrons. The summed E-state index contributed by atoms with van der Waals surface area (Å²) in [5.41, 5.74) is 0.761. The Hall–Kier alpha value is -0.410. The van der Waals surface area contributed by atoms with Gasteiger partial charge >= 0.3 is 0 Å².